The van der Waals surface area contributed by atoms with Gasteiger partial charge in [0.15, 0.2) is 5.17 Å². The van der Waals surface area contributed by atoms with Crippen LogP contribution in [0.5, 0.6) is 0 Å². The van der Waals surface area contributed by atoms with Crippen LogP contribution >= 0.6 is 24.2 Å². The minimum absolute atomic E-state index is 0. The fraction of sp³-hybridized carbons (Fsp3) is 0.789. The molecule has 2 saturated heterocycles. The number of halogens is 1. The van der Waals surface area contributed by atoms with Crippen molar-refractivity contribution in [1.29, 1.82) is 0 Å². The normalized spacial score (nSPS) is 23.3. The van der Waals surface area contributed by atoms with E-state index in [-0.39, 0.29) is 30.2 Å². The number of thioether (sulfide) groups is 1. The summed E-state index contributed by atoms with van der Waals surface area (Å²) in [6.45, 7) is 1.94. The van der Waals surface area contributed by atoms with Gasteiger partial charge in [0.25, 0.3) is 0 Å². The second-order valence-electron chi connectivity index (χ2n) is 7.74. The lowest BCUT2D eigenvalue weighted by molar-refractivity contribution is -0.142. The maximum atomic E-state index is 12.9. The van der Waals surface area contributed by atoms with Crippen LogP contribution in [0, 0.1) is 11.8 Å². The Morgan fingerprint density at radius 2 is 1.83 bits per heavy atom. The third-order valence-corrected chi connectivity index (χ3v) is 6.80. The SMILES string of the molecule is CN1CCS/C1=N\NC(=O)C(=O)C(NC(=O)C1CCCCC1)C1CCOCC1.Cl. The van der Waals surface area contributed by atoms with Gasteiger partial charge in [-0.1, -0.05) is 31.0 Å². The summed E-state index contributed by atoms with van der Waals surface area (Å²) in [5.74, 6) is -0.734. The Morgan fingerprint density at radius 1 is 1.14 bits per heavy atom. The molecule has 2 amide bonds. The molecule has 3 rings (SSSR count). The number of carbonyl (C=O) groups is 3. The Labute approximate surface area is 182 Å². The van der Waals surface area contributed by atoms with E-state index in [0.29, 0.717) is 31.2 Å². The van der Waals surface area contributed by atoms with E-state index in [2.05, 4.69) is 15.8 Å². The fourth-order valence-corrected chi connectivity index (χ4v) is 4.94. The minimum atomic E-state index is -0.813. The molecule has 3 fully saturated rings. The molecular formula is C19H31ClN4O4S. The van der Waals surface area contributed by atoms with E-state index < -0.39 is 17.7 Å². The van der Waals surface area contributed by atoms with Crippen LogP contribution < -0.4 is 10.7 Å². The molecule has 10 heteroatoms. The molecule has 1 aliphatic carbocycles. The molecule has 0 aromatic rings. The van der Waals surface area contributed by atoms with Gasteiger partial charge in [-0.25, -0.2) is 5.43 Å². The molecule has 1 unspecified atom stereocenters. The van der Waals surface area contributed by atoms with E-state index in [4.69, 9.17) is 4.74 Å². The van der Waals surface area contributed by atoms with Gasteiger partial charge in [0.05, 0.1) is 0 Å². The summed E-state index contributed by atoms with van der Waals surface area (Å²) >= 11 is 1.53. The number of nitrogens with zero attached hydrogens (tertiary/aromatic N) is 2. The number of ketones is 1. The third-order valence-electron chi connectivity index (χ3n) is 5.75. The summed E-state index contributed by atoms with van der Waals surface area (Å²) < 4.78 is 5.38. The molecule has 29 heavy (non-hydrogen) atoms. The van der Waals surface area contributed by atoms with Gasteiger partial charge in [-0.05, 0) is 31.6 Å². The second-order valence-corrected chi connectivity index (χ2v) is 8.80. The molecule has 1 atom stereocenters. The highest BCUT2D eigenvalue weighted by atomic mass is 35.5. The van der Waals surface area contributed by atoms with Crippen molar-refractivity contribution in [3.8, 4) is 0 Å². The Balaban J connectivity index is 0.00000300. The molecule has 1 saturated carbocycles. The number of rotatable bonds is 6. The molecule has 2 heterocycles. The first kappa shape index (κ1) is 24.0. The quantitative estimate of drug-likeness (QED) is 0.474. The molecular weight excluding hydrogens is 416 g/mol. The number of carbonyl (C=O) groups excluding carboxylic acids is 3. The highest BCUT2D eigenvalue weighted by Crippen LogP contribution is 2.25. The molecule has 0 aromatic carbocycles. The summed E-state index contributed by atoms with van der Waals surface area (Å²) in [5, 5.41) is 7.66. The highest BCUT2D eigenvalue weighted by Gasteiger charge is 2.36. The van der Waals surface area contributed by atoms with Crippen LogP contribution in [0.25, 0.3) is 0 Å². The van der Waals surface area contributed by atoms with Gasteiger partial charge in [-0.3, -0.25) is 14.4 Å². The molecule has 164 valence electrons. The van der Waals surface area contributed by atoms with E-state index >= 15 is 0 Å². The zero-order valence-electron chi connectivity index (χ0n) is 16.9. The van der Waals surface area contributed by atoms with Crippen molar-refractivity contribution in [1.82, 2.24) is 15.6 Å². The number of hydrogen-bond donors (Lipinski definition) is 2. The van der Waals surface area contributed by atoms with Crippen molar-refractivity contribution < 1.29 is 19.1 Å². The van der Waals surface area contributed by atoms with Gasteiger partial charge in [0, 0.05) is 38.5 Å². The summed E-state index contributed by atoms with van der Waals surface area (Å²) in [6, 6.07) is -0.813. The van der Waals surface area contributed by atoms with Gasteiger partial charge in [-0.15, -0.1) is 17.5 Å². The molecule has 2 aliphatic heterocycles. The summed E-state index contributed by atoms with van der Waals surface area (Å²) in [6.07, 6.45) is 6.24. The Morgan fingerprint density at radius 3 is 2.45 bits per heavy atom. The average Bonchev–Trinajstić information content (AvgIpc) is 3.15. The number of amidine groups is 1. The van der Waals surface area contributed by atoms with Crippen LogP contribution in [-0.4, -0.2) is 66.3 Å². The first-order chi connectivity index (χ1) is 13.6. The van der Waals surface area contributed by atoms with Crippen LogP contribution in [-0.2, 0) is 19.1 Å². The van der Waals surface area contributed by atoms with Gasteiger partial charge in [-0.2, -0.15) is 0 Å². The van der Waals surface area contributed by atoms with Crippen molar-refractivity contribution >= 4 is 46.9 Å². The second kappa shape index (κ2) is 11.8. The van der Waals surface area contributed by atoms with E-state index in [1.807, 2.05) is 11.9 Å². The summed E-state index contributed by atoms with van der Waals surface area (Å²) in [5.41, 5.74) is 2.38. The van der Waals surface area contributed by atoms with Gasteiger partial charge >= 0.3 is 5.91 Å². The average molecular weight is 447 g/mol. The van der Waals surface area contributed by atoms with E-state index in [9.17, 15) is 14.4 Å². The lowest BCUT2D eigenvalue weighted by atomic mass is 9.85. The standard InChI is InChI=1S/C19H30N4O4S.ClH/c1-23-9-12-28-19(23)22-21-18(26)16(24)15(13-7-10-27-11-8-13)20-17(25)14-5-3-2-4-6-14;/h13-15H,2-12H2,1H3,(H,20,25)(H,21,26);1H/b22-19-;. The van der Waals surface area contributed by atoms with Crippen LogP contribution in [0.1, 0.15) is 44.9 Å². The monoisotopic (exact) mass is 446 g/mol. The number of Topliss-reactive ketones (excluding diaryl/α,β-unsaturated/α-hetero) is 1. The summed E-state index contributed by atoms with van der Waals surface area (Å²) in [7, 11) is 1.89. The first-order valence-electron chi connectivity index (χ1n) is 10.2. The van der Waals surface area contributed by atoms with Crippen LogP contribution in [0.3, 0.4) is 0 Å². The van der Waals surface area contributed by atoms with Crippen LogP contribution in [0.15, 0.2) is 5.10 Å². The predicted molar refractivity (Wildman–Crippen MR) is 115 cm³/mol. The van der Waals surface area contributed by atoms with Crippen molar-refractivity contribution in [2.24, 2.45) is 16.9 Å². The number of ether oxygens (including phenoxy) is 1. The van der Waals surface area contributed by atoms with Crippen molar-refractivity contribution in [3.05, 3.63) is 0 Å². The van der Waals surface area contributed by atoms with E-state index in [1.165, 1.54) is 11.8 Å². The fourth-order valence-electron chi connectivity index (χ4n) is 3.97. The smallest absolute Gasteiger partial charge is 0.309 e. The minimum Gasteiger partial charge on any atom is -0.381 e. The Bertz CT molecular complexity index is 621. The van der Waals surface area contributed by atoms with Crippen LogP contribution in [0.4, 0.5) is 0 Å². The highest BCUT2D eigenvalue weighted by molar-refractivity contribution is 8.14. The maximum absolute atomic E-state index is 12.9. The third kappa shape index (κ3) is 6.58. The van der Waals surface area contributed by atoms with Gasteiger partial charge < -0.3 is 15.0 Å². The lowest BCUT2D eigenvalue weighted by Gasteiger charge is -2.31. The van der Waals surface area contributed by atoms with Gasteiger partial charge in [0.2, 0.25) is 11.7 Å². The lowest BCUT2D eigenvalue weighted by Crippen LogP contribution is -2.53. The summed E-state index contributed by atoms with van der Waals surface area (Å²) in [4.78, 5) is 40.0. The Kier molecular flexibility index (Phi) is 9.71. The van der Waals surface area contributed by atoms with E-state index in [0.717, 1.165) is 44.4 Å². The topological polar surface area (TPSA) is 100 Å². The molecule has 0 radical (unpaired) electrons. The molecule has 8 nitrogen and oxygen atoms in total. The van der Waals surface area contributed by atoms with Gasteiger partial charge in [0.1, 0.15) is 6.04 Å². The zero-order chi connectivity index (χ0) is 19.9. The molecule has 2 N–H and O–H groups in total. The maximum Gasteiger partial charge on any atom is 0.309 e. The molecule has 3 aliphatic rings. The zero-order valence-corrected chi connectivity index (χ0v) is 18.5. The van der Waals surface area contributed by atoms with Crippen molar-refractivity contribution in [2.45, 2.75) is 51.0 Å². The predicted octanol–water partition coefficient (Wildman–Crippen LogP) is 1.53. The van der Waals surface area contributed by atoms with E-state index in [1.54, 1.807) is 0 Å². The molecule has 0 aromatic heterocycles. The molecule has 0 bridgehead atoms. The molecule has 0 spiro atoms. The van der Waals surface area contributed by atoms with Crippen LogP contribution in [0.2, 0.25) is 0 Å². The largest absolute Gasteiger partial charge is 0.381 e. The van der Waals surface area contributed by atoms with Crippen molar-refractivity contribution in [2.75, 3.05) is 32.6 Å². The number of hydrogen-bond acceptors (Lipinski definition) is 6. The number of amides is 2. The Hall–Kier alpha value is -1.32. The van der Waals surface area contributed by atoms with Crippen molar-refractivity contribution in [3.63, 3.8) is 0 Å². The number of hydrazone groups is 1. The number of nitrogens with one attached hydrogen (secondary N) is 2. The first-order valence-corrected chi connectivity index (χ1v) is 11.2.